The van der Waals surface area contributed by atoms with E-state index in [0.29, 0.717) is 28.0 Å². The smallest absolute Gasteiger partial charge is 0.253 e. The summed E-state index contributed by atoms with van der Waals surface area (Å²) in [5.41, 5.74) is 5.89. The molecule has 0 radical (unpaired) electrons. The van der Waals surface area contributed by atoms with E-state index in [0.717, 1.165) is 25.2 Å². The average molecular weight is 463 g/mol. The van der Waals surface area contributed by atoms with Crippen LogP contribution >= 0.6 is 11.6 Å². The van der Waals surface area contributed by atoms with Gasteiger partial charge in [-0.2, -0.15) is 4.98 Å². The maximum Gasteiger partial charge on any atom is 0.253 e. The van der Waals surface area contributed by atoms with Crippen LogP contribution in [0.1, 0.15) is 28.4 Å². The lowest BCUT2D eigenvalue weighted by molar-refractivity contribution is 0.0964. The van der Waals surface area contributed by atoms with Gasteiger partial charge in [-0.3, -0.25) is 4.79 Å². The Balaban J connectivity index is 1.61. The van der Waals surface area contributed by atoms with E-state index in [4.69, 9.17) is 11.6 Å². The molecule has 2 aromatic carbocycles. The molecule has 0 bridgehead atoms. The first kappa shape index (κ1) is 22.8. The van der Waals surface area contributed by atoms with Crippen LogP contribution in [-0.2, 0) is 6.42 Å². The van der Waals surface area contributed by atoms with Crippen molar-refractivity contribution >= 4 is 46.2 Å². The number of rotatable bonds is 5. The Bertz CT molecular complexity index is 1210. The van der Waals surface area contributed by atoms with E-state index in [2.05, 4.69) is 63.0 Å². The zero-order valence-corrected chi connectivity index (χ0v) is 19.7. The normalized spacial score (nSPS) is 15.0. The highest BCUT2D eigenvalue weighted by atomic mass is 35.5. The monoisotopic (exact) mass is 462 g/mol. The third kappa shape index (κ3) is 5.16. The van der Waals surface area contributed by atoms with Crippen LogP contribution in [0.4, 0.5) is 23.1 Å². The second kappa shape index (κ2) is 10.0. The lowest BCUT2D eigenvalue weighted by Crippen LogP contribution is -2.20. The Hall–Kier alpha value is -3.42. The van der Waals surface area contributed by atoms with Gasteiger partial charge in [-0.1, -0.05) is 35.9 Å². The summed E-state index contributed by atoms with van der Waals surface area (Å²) >= 11 is 6.35. The van der Waals surface area contributed by atoms with Crippen molar-refractivity contribution in [2.24, 2.45) is 0 Å². The maximum absolute atomic E-state index is 12.2. The molecule has 0 atom stereocenters. The molecule has 0 saturated heterocycles. The second-order valence-corrected chi connectivity index (χ2v) is 8.35. The summed E-state index contributed by atoms with van der Waals surface area (Å²) in [6.45, 7) is 4.03. The van der Waals surface area contributed by atoms with Crippen LogP contribution in [0.2, 0.25) is 5.02 Å². The Labute approximate surface area is 198 Å². The number of hydrogen-bond acceptors (Lipinski definition) is 6. The number of allylic oxidation sites excluding steroid dienone is 1. The molecular formula is C25H27ClN6O. The van der Waals surface area contributed by atoms with Crippen LogP contribution in [-0.4, -0.2) is 48.0 Å². The van der Waals surface area contributed by atoms with Gasteiger partial charge in [0.2, 0.25) is 5.95 Å². The number of anilines is 4. The first-order valence-corrected chi connectivity index (χ1v) is 11.2. The molecule has 1 aromatic heterocycles. The van der Waals surface area contributed by atoms with Crippen molar-refractivity contribution in [3.63, 3.8) is 0 Å². The Morgan fingerprint density at radius 2 is 2.00 bits per heavy atom. The van der Waals surface area contributed by atoms with Gasteiger partial charge in [-0.05, 0) is 61.4 Å². The largest absolute Gasteiger partial charge is 0.355 e. The molecule has 0 unspecified atom stereocenters. The maximum atomic E-state index is 12.2. The third-order valence-electron chi connectivity index (χ3n) is 5.66. The quantitative estimate of drug-likeness (QED) is 0.502. The molecule has 33 heavy (non-hydrogen) atoms. The lowest BCUT2D eigenvalue weighted by atomic mass is 9.98. The summed E-state index contributed by atoms with van der Waals surface area (Å²) < 4.78 is 0. The van der Waals surface area contributed by atoms with Crippen LogP contribution in [0.3, 0.4) is 0 Å². The summed E-state index contributed by atoms with van der Waals surface area (Å²) in [7, 11) is 3.74. The first-order chi connectivity index (χ1) is 16.0. The predicted octanol–water partition coefficient (Wildman–Crippen LogP) is 4.87. The van der Waals surface area contributed by atoms with Gasteiger partial charge in [0.25, 0.3) is 5.91 Å². The molecule has 8 heteroatoms. The van der Waals surface area contributed by atoms with Gasteiger partial charge in [-0.15, -0.1) is 0 Å². The fourth-order valence-corrected chi connectivity index (χ4v) is 4.02. The van der Waals surface area contributed by atoms with Crippen LogP contribution < -0.4 is 16.0 Å². The van der Waals surface area contributed by atoms with E-state index < -0.39 is 0 Å². The number of likely N-dealkylation sites (N-methyl/N-ethyl adjacent to an activating group) is 1. The molecule has 0 fully saturated rings. The molecule has 0 aliphatic carbocycles. The van der Waals surface area contributed by atoms with Crippen molar-refractivity contribution < 1.29 is 4.79 Å². The van der Waals surface area contributed by atoms with Crippen molar-refractivity contribution in [2.45, 2.75) is 13.3 Å². The van der Waals surface area contributed by atoms with E-state index >= 15 is 0 Å². The van der Waals surface area contributed by atoms with Crippen molar-refractivity contribution in [1.29, 1.82) is 0 Å². The summed E-state index contributed by atoms with van der Waals surface area (Å²) in [4.78, 5) is 23.4. The number of nitrogens with zero attached hydrogens (tertiary/aromatic N) is 3. The van der Waals surface area contributed by atoms with Crippen molar-refractivity contribution in [2.75, 3.05) is 37.8 Å². The van der Waals surface area contributed by atoms with E-state index in [1.54, 1.807) is 25.2 Å². The van der Waals surface area contributed by atoms with Gasteiger partial charge in [-0.25, -0.2) is 4.98 Å². The molecule has 1 aliphatic rings. The standard InChI is InChI=1S/C25H27ClN6O/c1-4-16-15-32(3)12-11-17-9-10-18(13-20(16)17)29-25-28-14-21(26)23(31-25)30-22-8-6-5-7-19(22)24(33)27-2/h4-10,13-14H,11-12,15H2,1-3H3,(H,27,33)(H2,28,29,30,31)/b16-4-. The molecule has 2 heterocycles. The number of para-hydroxylation sites is 1. The Morgan fingerprint density at radius 3 is 2.79 bits per heavy atom. The number of carbonyl (C=O) groups is 1. The highest BCUT2D eigenvalue weighted by molar-refractivity contribution is 6.33. The number of amides is 1. The molecule has 3 aromatic rings. The zero-order chi connectivity index (χ0) is 23.4. The minimum Gasteiger partial charge on any atom is -0.355 e. The van der Waals surface area contributed by atoms with E-state index in [1.807, 2.05) is 12.1 Å². The number of fused-ring (bicyclic) bond motifs is 1. The predicted molar refractivity (Wildman–Crippen MR) is 135 cm³/mol. The highest BCUT2D eigenvalue weighted by Gasteiger charge is 2.16. The van der Waals surface area contributed by atoms with Gasteiger partial charge in [0.05, 0.1) is 17.4 Å². The summed E-state index contributed by atoms with van der Waals surface area (Å²) in [6, 6.07) is 13.5. The van der Waals surface area contributed by atoms with Gasteiger partial charge >= 0.3 is 0 Å². The summed E-state index contributed by atoms with van der Waals surface area (Å²) in [5, 5.41) is 9.45. The molecule has 170 valence electrons. The molecule has 0 saturated carbocycles. The van der Waals surface area contributed by atoms with Gasteiger partial charge < -0.3 is 20.9 Å². The highest BCUT2D eigenvalue weighted by Crippen LogP contribution is 2.30. The summed E-state index contributed by atoms with van der Waals surface area (Å²) in [6.07, 6.45) is 4.73. The van der Waals surface area contributed by atoms with Crippen LogP contribution in [0.25, 0.3) is 5.57 Å². The Morgan fingerprint density at radius 1 is 1.18 bits per heavy atom. The van der Waals surface area contributed by atoms with Crippen molar-refractivity contribution in [1.82, 2.24) is 20.2 Å². The van der Waals surface area contributed by atoms with Crippen LogP contribution in [0, 0.1) is 0 Å². The minimum atomic E-state index is -0.197. The number of nitrogens with one attached hydrogen (secondary N) is 3. The van der Waals surface area contributed by atoms with Crippen molar-refractivity contribution in [3.05, 3.63) is 76.5 Å². The van der Waals surface area contributed by atoms with E-state index in [1.165, 1.54) is 22.9 Å². The molecular weight excluding hydrogens is 436 g/mol. The third-order valence-corrected chi connectivity index (χ3v) is 5.94. The number of carbonyl (C=O) groups excluding carboxylic acids is 1. The molecule has 3 N–H and O–H groups in total. The molecule has 1 aliphatic heterocycles. The van der Waals surface area contributed by atoms with Crippen LogP contribution in [0.15, 0.2) is 54.7 Å². The average Bonchev–Trinajstić information content (AvgIpc) is 2.99. The second-order valence-electron chi connectivity index (χ2n) is 7.94. The number of benzene rings is 2. The molecule has 0 spiro atoms. The Kier molecular flexibility index (Phi) is 6.91. The van der Waals surface area contributed by atoms with E-state index in [9.17, 15) is 4.79 Å². The first-order valence-electron chi connectivity index (χ1n) is 10.8. The van der Waals surface area contributed by atoms with Crippen molar-refractivity contribution in [3.8, 4) is 0 Å². The molecule has 4 rings (SSSR count). The van der Waals surface area contributed by atoms with Gasteiger partial charge in [0, 0.05) is 25.8 Å². The zero-order valence-electron chi connectivity index (χ0n) is 18.9. The topological polar surface area (TPSA) is 82.2 Å². The SMILES string of the molecule is C/C=C1/CN(C)CCc2ccc(Nc3ncc(Cl)c(Nc4ccccc4C(=O)NC)n3)cc21. The fourth-order valence-electron chi connectivity index (χ4n) is 3.88. The molecule has 7 nitrogen and oxygen atoms in total. The van der Waals surface area contributed by atoms with Gasteiger partial charge in [0.15, 0.2) is 5.82 Å². The van der Waals surface area contributed by atoms with Gasteiger partial charge in [0.1, 0.15) is 5.02 Å². The minimum absolute atomic E-state index is 0.197. The number of hydrogen-bond donors (Lipinski definition) is 3. The fraction of sp³-hybridized carbons (Fsp3) is 0.240. The lowest BCUT2D eigenvalue weighted by Gasteiger charge is -2.15. The van der Waals surface area contributed by atoms with Crippen LogP contribution in [0.5, 0.6) is 0 Å². The molecule has 1 amide bonds. The number of aromatic nitrogens is 2. The number of halogens is 1. The summed E-state index contributed by atoms with van der Waals surface area (Å²) in [5.74, 6) is 0.625. The van der Waals surface area contributed by atoms with E-state index in [-0.39, 0.29) is 5.91 Å².